The Morgan fingerprint density at radius 2 is 2.17 bits per heavy atom. The van der Waals surface area contributed by atoms with Gasteiger partial charge in [0.25, 0.3) is 0 Å². The second-order valence-corrected chi connectivity index (χ2v) is 3.40. The van der Waals surface area contributed by atoms with Crippen molar-refractivity contribution >= 4 is 5.91 Å². The Hall–Kier alpha value is -2.72. The van der Waals surface area contributed by atoms with E-state index in [4.69, 9.17) is 5.53 Å². The lowest BCUT2D eigenvalue weighted by atomic mass is 10.1. The van der Waals surface area contributed by atoms with Crippen LogP contribution >= 0.6 is 0 Å². The number of aromatic nitrogens is 1. The van der Waals surface area contributed by atoms with Gasteiger partial charge in [-0.1, -0.05) is 6.07 Å². The molecule has 1 aromatic heterocycles. The summed E-state index contributed by atoms with van der Waals surface area (Å²) in [5, 5.41) is 2.96. The van der Waals surface area contributed by atoms with E-state index in [-0.39, 0.29) is 11.1 Å². The van der Waals surface area contributed by atoms with E-state index in [1.165, 1.54) is 18.3 Å². The summed E-state index contributed by atoms with van der Waals surface area (Å²) in [6.07, 6.45) is 1.52. The van der Waals surface area contributed by atoms with Crippen molar-refractivity contribution in [2.45, 2.75) is 0 Å². The molecule has 0 unspecified atom stereocenters. The van der Waals surface area contributed by atoms with Crippen LogP contribution in [0.1, 0.15) is 10.4 Å². The molecule has 0 aliphatic heterocycles. The second kappa shape index (κ2) is 5.07. The summed E-state index contributed by atoms with van der Waals surface area (Å²) in [6, 6.07) is 8.76. The van der Waals surface area contributed by atoms with Gasteiger partial charge in [-0.15, -0.1) is 0 Å². The minimum Gasteiger partial charge on any atom is -0.287 e. The Morgan fingerprint density at radius 3 is 2.83 bits per heavy atom. The highest BCUT2D eigenvalue weighted by molar-refractivity contribution is 5.96. The fourth-order valence-corrected chi connectivity index (χ4v) is 1.48. The average molecular weight is 242 g/mol. The molecule has 0 atom stereocenters. The third kappa shape index (κ3) is 2.34. The van der Waals surface area contributed by atoms with Gasteiger partial charge >= 0.3 is 0 Å². The summed E-state index contributed by atoms with van der Waals surface area (Å²) in [4.78, 5) is 17.8. The highest BCUT2D eigenvalue weighted by atomic mass is 19.1. The highest BCUT2D eigenvalue weighted by Crippen LogP contribution is 2.22. The van der Waals surface area contributed by atoms with Crippen LogP contribution < -0.4 is 0 Å². The second-order valence-electron chi connectivity index (χ2n) is 3.40. The molecule has 0 saturated carbocycles. The van der Waals surface area contributed by atoms with Crippen molar-refractivity contribution in [2.24, 2.45) is 5.11 Å². The summed E-state index contributed by atoms with van der Waals surface area (Å²) < 4.78 is 13.6. The van der Waals surface area contributed by atoms with Crippen LogP contribution in [0.4, 0.5) is 4.39 Å². The molecular formula is C12H7FN4O. The maximum absolute atomic E-state index is 13.6. The van der Waals surface area contributed by atoms with E-state index < -0.39 is 11.7 Å². The van der Waals surface area contributed by atoms with Gasteiger partial charge in [-0.3, -0.25) is 9.78 Å². The van der Waals surface area contributed by atoms with Gasteiger partial charge in [0.1, 0.15) is 5.82 Å². The van der Waals surface area contributed by atoms with Crippen molar-refractivity contribution in [1.29, 1.82) is 0 Å². The predicted octanol–water partition coefficient (Wildman–Crippen LogP) is 3.34. The van der Waals surface area contributed by atoms with Crippen molar-refractivity contribution in [3.05, 3.63) is 64.4 Å². The minimum absolute atomic E-state index is 0.120. The molecule has 0 aliphatic carbocycles. The lowest BCUT2D eigenvalue weighted by Gasteiger charge is -2.03. The highest BCUT2D eigenvalue weighted by Gasteiger charge is 2.10. The van der Waals surface area contributed by atoms with Crippen LogP contribution in [-0.2, 0) is 0 Å². The largest absolute Gasteiger partial charge is 0.287 e. The number of halogens is 1. The van der Waals surface area contributed by atoms with Gasteiger partial charge in [0.05, 0.1) is 5.69 Å². The van der Waals surface area contributed by atoms with Crippen molar-refractivity contribution in [3.63, 3.8) is 0 Å². The first-order valence-electron chi connectivity index (χ1n) is 5.03. The first-order valence-corrected chi connectivity index (χ1v) is 5.03. The van der Waals surface area contributed by atoms with Gasteiger partial charge in [-0.25, -0.2) is 4.39 Å². The van der Waals surface area contributed by atoms with Crippen LogP contribution in [0.2, 0.25) is 0 Å². The summed E-state index contributed by atoms with van der Waals surface area (Å²) >= 11 is 0. The number of hydrogen-bond donors (Lipinski definition) is 0. The van der Waals surface area contributed by atoms with E-state index in [0.29, 0.717) is 5.69 Å². The van der Waals surface area contributed by atoms with Crippen molar-refractivity contribution < 1.29 is 9.18 Å². The van der Waals surface area contributed by atoms with Gasteiger partial charge in [-0.2, -0.15) is 0 Å². The lowest BCUT2D eigenvalue weighted by Crippen LogP contribution is -1.96. The predicted molar refractivity (Wildman–Crippen MR) is 63.1 cm³/mol. The molecule has 1 amide bonds. The average Bonchev–Trinajstić information content (AvgIpc) is 2.40. The molecule has 0 fully saturated rings. The Bertz CT molecular complexity index is 636. The third-order valence-corrected chi connectivity index (χ3v) is 2.29. The number of amides is 1. The van der Waals surface area contributed by atoms with Crippen molar-refractivity contribution in [1.82, 2.24) is 4.98 Å². The van der Waals surface area contributed by atoms with E-state index in [2.05, 4.69) is 15.0 Å². The van der Waals surface area contributed by atoms with Crippen LogP contribution in [0, 0.1) is 5.82 Å². The molecule has 0 spiro atoms. The molecule has 1 aromatic carbocycles. The van der Waals surface area contributed by atoms with E-state index >= 15 is 0 Å². The Balaban J connectivity index is 2.52. The molecule has 18 heavy (non-hydrogen) atoms. The summed E-state index contributed by atoms with van der Waals surface area (Å²) in [5.74, 6) is -1.25. The molecular weight excluding hydrogens is 235 g/mol. The molecule has 0 radical (unpaired) electrons. The minimum atomic E-state index is -0.755. The van der Waals surface area contributed by atoms with E-state index in [0.717, 1.165) is 6.07 Å². The topological polar surface area (TPSA) is 78.7 Å². The van der Waals surface area contributed by atoms with E-state index in [9.17, 15) is 9.18 Å². The molecule has 2 rings (SSSR count). The summed E-state index contributed by atoms with van der Waals surface area (Å²) in [6.45, 7) is 0. The standard InChI is InChI=1S/C12H7FN4O/c13-10-5-4-8(12(18)16-17-14)7-9(10)11-3-1-2-6-15-11/h1-7H. The monoisotopic (exact) mass is 242 g/mol. The molecule has 88 valence electrons. The number of azide groups is 1. The molecule has 0 saturated heterocycles. The molecule has 2 aromatic rings. The van der Waals surface area contributed by atoms with Crippen molar-refractivity contribution in [2.75, 3.05) is 0 Å². The number of hydrogen-bond acceptors (Lipinski definition) is 2. The third-order valence-electron chi connectivity index (χ3n) is 2.29. The molecule has 0 bridgehead atoms. The maximum atomic E-state index is 13.6. The lowest BCUT2D eigenvalue weighted by molar-refractivity contribution is 0.100. The first kappa shape index (κ1) is 11.8. The number of rotatable bonds is 2. The first-order chi connectivity index (χ1) is 8.72. The number of pyridine rings is 1. The Morgan fingerprint density at radius 1 is 1.33 bits per heavy atom. The number of carbonyl (C=O) groups excluding carboxylic acids is 1. The number of benzene rings is 1. The Kier molecular flexibility index (Phi) is 3.31. The van der Waals surface area contributed by atoms with Crippen LogP contribution in [-0.4, -0.2) is 10.9 Å². The van der Waals surface area contributed by atoms with E-state index in [1.54, 1.807) is 18.2 Å². The van der Waals surface area contributed by atoms with Crippen LogP contribution in [0.3, 0.4) is 0 Å². The van der Waals surface area contributed by atoms with Gasteiger partial charge in [0.15, 0.2) is 0 Å². The zero-order valence-corrected chi connectivity index (χ0v) is 9.12. The zero-order chi connectivity index (χ0) is 13.0. The van der Waals surface area contributed by atoms with Crippen LogP contribution in [0.25, 0.3) is 21.7 Å². The smallest absolute Gasteiger partial charge is 0.249 e. The fraction of sp³-hybridized carbons (Fsp3) is 0. The fourth-order valence-electron chi connectivity index (χ4n) is 1.48. The molecule has 5 nitrogen and oxygen atoms in total. The van der Waals surface area contributed by atoms with Gasteiger partial charge in [0.2, 0.25) is 5.91 Å². The number of carbonyl (C=O) groups is 1. The molecule has 0 aliphatic rings. The molecule has 0 N–H and O–H groups in total. The maximum Gasteiger partial charge on any atom is 0.249 e. The normalized spacial score (nSPS) is 9.61. The van der Waals surface area contributed by atoms with Crippen LogP contribution in [0.5, 0.6) is 0 Å². The quantitative estimate of drug-likeness (QED) is 0.460. The molecule has 1 heterocycles. The summed E-state index contributed by atoms with van der Waals surface area (Å²) in [7, 11) is 0. The van der Waals surface area contributed by atoms with Gasteiger partial charge < -0.3 is 0 Å². The van der Waals surface area contributed by atoms with Gasteiger partial charge in [-0.05, 0) is 41.0 Å². The Labute approximate surface area is 102 Å². The van der Waals surface area contributed by atoms with Crippen molar-refractivity contribution in [3.8, 4) is 11.3 Å². The van der Waals surface area contributed by atoms with Crippen LogP contribution in [0.15, 0.2) is 47.7 Å². The SMILES string of the molecule is [N-]=[N+]=NC(=O)c1ccc(F)c(-c2ccccn2)c1. The molecule has 6 heteroatoms. The van der Waals surface area contributed by atoms with Gasteiger partial charge in [0, 0.05) is 22.2 Å². The summed E-state index contributed by atoms with van der Waals surface area (Å²) in [5.41, 5.74) is 8.91. The zero-order valence-electron chi connectivity index (χ0n) is 9.12. The number of nitrogens with zero attached hydrogens (tertiary/aromatic N) is 4. The van der Waals surface area contributed by atoms with E-state index in [1.807, 2.05) is 0 Å².